The van der Waals surface area contributed by atoms with Crippen LogP contribution in [0.3, 0.4) is 0 Å². The van der Waals surface area contributed by atoms with E-state index in [0.29, 0.717) is 49.1 Å². The fourth-order valence-corrected chi connectivity index (χ4v) is 7.82. The zero-order valence-corrected chi connectivity index (χ0v) is 22.2. The summed E-state index contributed by atoms with van der Waals surface area (Å²) in [7, 11) is 0. The van der Waals surface area contributed by atoms with E-state index in [4.69, 9.17) is 0 Å². The van der Waals surface area contributed by atoms with Crippen LogP contribution in [0, 0.1) is 17.7 Å². The van der Waals surface area contributed by atoms with Gasteiger partial charge in [-0.05, 0) is 55.2 Å². The number of halogens is 2. The third-order valence-electron chi connectivity index (χ3n) is 9.62. The van der Waals surface area contributed by atoms with Crippen LogP contribution < -0.4 is 23.0 Å². The highest BCUT2D eigenvalue weighted by Crippen LogP contribution is 2.46. The molecule has 2 aromatic rings. The molecule has 0 bridgehead atoms. The largest absolute Gasteiger partial charge is 1.00 e. The van der Waals surface area contributed by atoms with Crippen LogP contribution in [0.25, 0.3) is 0 Å². The lowest BCUT2D eigenvalue weighted by Crippen LogP contribution is -3.00. The van der Waals surface area contributed by atoms with Gasteiger partial charge in [-0.15, -0.1) is 0 Å². The average Bonchev–Trinajstić information content (AvgIpc) is 3.34. The summed E-state index contributed by atoms with van der Waals surface area (Å²) in [5.41, 5.74) is 1.85. The van der Waals surface area contributed by atoms with Crippen molar-refractivity contribution >= 4 is 5.91 Å². The van der Waals surface area contributed by atoms with Gasteiger partial charge in [-0.25, -0.2) is 4.39 Å². The van der Waals surface area contributed by atoms with Crippen LogP contribution in [0.5, 0.6) is 5.75 Å². The number of hydrogen-bond acceptors (Lipinski definition) is 4. The normalized spacial score (nSPS) is 30.1. The van der Waals surface area contributed by atoms with Crippen LogP contribution in [0.4, 0.5) is 4.39 Å². The summed E-state index contributed by atoms with van der Waals surface area (Å²) < 4.78 is 15.3. The average molecular weight is 527 g/mol. The molecule has 4 atom stereocenters. The first-order valence-electron chi connectivity index (χ1n) is 13.9. The molecule has 4 aliphatic rings. The second-order valence-corrected chi connectivity index (χ2v) is 11.5. The zero-order chi connectivity index (χ0) is 24.7. The Morgan fingerprint density at radius 1 is 1.00 bits per heavy atom. The van der Waals surface area contributed by atoms with Crippen LogP contribution in [-0.4, -0.2) is 48.1 Å². The molecule has 0 aromatic heterocycles. The van der Waals surface area contributed by atoms with E-state index in [1.807, 2.05) is 0 Å². The Morgan fingerprint density at radius 3 is 2.54 bits per heavy atom. The number of phenols is 1. The number of amides is 1. The standard InChI is InChI=1S/C30H38FN3O2.ClH/c31-25-11-12-27(35)23-16-32-18-30(28(23)25)19-33-17-24(30)29(36)34-14-13-22(20-7-3-1-4-8-20)15-26(34)21-9-5-2-6-10-21;/h1,3-4,7-8,11-12,21-22,24,26,32-33,35H,2,5-6,9-10,13-19H2;1H/p-1/t22-,24+,26+,30-;/m1./s1. The summed E-state index contributed by atoms with van der Waals surface area (Å²) in [4.78, 5) is 16.6. The maximum Gasteiger partial charge on any atom is 0.228 e. The van der Waals surface area contributed by atoms with E-state index >= 15 is 4.39 Å². The number of aromatic hydroxyl groups is 1. The zero-order valence-electron chi connectivity index (χ0n) is 21.4. The van der Waals surface area contributed by atoms with Gasteiger partial charge >= 0.3 is 0 Å². The van der Waals surface area contributed by atoms with Gasteiger partial charge in [-0.1, -0.05) is 49.6 Å². The molecule has 1 saturated carbocycles. The lowest BCUT2D eigenvalue weighted by molar-refractivity contribution is -0.142. The Kier molecular flexibility index (Phi) is 7.80. The molecule has 0 radical (unpaired) electrons. The number of piperidine rings is 1. The minimum Gasteiger partial charge on any atom is -1.00 e. The van der Waals surface area contributed by atoms with E-state index in [9.17, 15) is 9.90 Å². The molecule has 0 unspecified atom stereocenters. The molecule has 3 aliphatic heterocycles. The van der Waals surface area contributed by atoms with Crippen molar-refractivity contribution in [1.82, 2.24) is 15.5 Å². The van der Waals surface area contributed by atoms with Gasteiger partial charge in [0.15, 0.2) is 0 Å². The van der Waals surface area contributed by atoms with Gasteiger partial charge in [0.05, 0.1) is 5.92 Å². The lowest BCUT2D eigenvalue weighted by atomic mass is 9.67. The molecule has 7 heteroatoms. The summed E-state index contributed by atoms with van der Waals surface area (Å²) in [6.45, 7) is 2.81. The number of likely N-dealkylation sites (tertiary alicyclic amines) is 1. The van der Waals surface area contributed by atoms with Crippen molar-refractivity contribution in [1.29, 1.82) is 0 Å². The fraction of sp³-hybridized carbons (Fsp3) is 0.567. The molecule has 3 N–H and O–H groups in total. The van der Waals surface area contributed by atoms with Gasteiger partial charge in [0.25, 0.3) is 0 Å². The molecule has 2 saturated heterocycles. The summed E-state index contributed by atoms with van der Waals surface area (Å²) >= 11 is 0. The van der Waals surface area contributed by atoms with Crippen molar-refractivity contribution < 1.29 is 26.7 Å². The van der Waals surface area contributed by atoms with Crippen molar-refractivity contribution in [2.24, 2.45) is 11.8 Å². The number of nitrogens with one attached hydrogen (secondary N) is 2. The number of benzene rings is 2. The third kappa shape index (κ3) is 4.66. The monoisotopic (exact) mass is 526 g/mol. The van der Waals surface area contributed by atoms with Crippen LogP contribution in [0.1, 0.15) is 67.6 Å². The summed E-state index contributed by atoms with van der Waals surface area (Å²) in [5, 5.41) is 17.4. The first kappa shape index (κ1) is 26.5. The predicted octanol–water partition coefficient (Wildman–Crippen LogP) is 1.45. The molecule has 200 valence electrons. The Hall–Kier alpha value is -2.15. The molecule has 1 amide bonds. The third-order valence-corrected chi connectivity index (χ3v) is 9.62. The Labute approximate surface area is 225 Å². The van der Waals surface area contributed by atoms with Gasteiger partial charge in [0.2, 0.25) is 5.91 Å². The maximum atomic E-state index is 15.3. The van der Waals surface area contributed by atoms with Crippen LogP contribution in [0.2, 0.25) is 0 Å². The maximum absolute atomic E-state index is 15.3. The molecule has 3 fully saturated rings. The minimum absolute atomic E-state index is 0. The van der Waals surface area contributed by atoms with Gasteiger partial charge < -0.3 is 33.0 Å². The molecule has 1 spiro atoms. The topological polar surface area (TPSA) is 64.6 Å². The Balaban J connectivity index is 0.00000280. The number of phenolic OH excluding ortho intramolecular Hbond substituents is 1. The molecule has 3 heterocycles. The quantitative estimate of drug-likeness (QED) is 0.566. The van der Waals surface area contributed by atoms with E-state index in [-0.39, 0.29) is 41.8 Å². The van der Waals surface area contributed by atoms with Crippen molar-refractivity contribution in [2.45, 2.75) is 68.9 Å². The van der Waals surface area contributed by atoms with Gasteiger partial charge in [-0.3, -0.25) is 4.79 Å². The first-order valence-corrected chi connectivity index (χ1v) is 13.9. The molecule has 6 rings (SSSR count). The van der Waals surface area contributed by atoms with E-state index in [0.717, 1.165) is 19.4 Å². The Bertz CT molecular complexity index is 1110. The SMILES string of the molecule is O=C([C@@H]1CNC[C@]12CNCc1c(O)ccc(F)c12)N1CC[C@@H](c2ccccc2)C[C@H]1C1CCCCC1.[Cl-]. The number of rotatable bonds is 3. The highest BCUT2D eigenvalue weighted by atomic mass is 35.5. The minimum atomic E-state index is -0.680. The van der Waals surface area contributed by atoms with Crippen LogP contribution in [-0.2, 0) is 16.8 Å². The molecule has 2 aromatic carbocycles. The van der Waals surface area contributed by atoms with E-state index < -0.39 is 5.41 Å². The molecule has 5 nitrogen and oxygen atoms in total. The molecule has 1 aliphatic carbocycles. The summed E-state index contributed by atoms with van der Waals surface area (Å²) in [5.74, 6) is 0.637. The van der Waals surface area contributed by atoms with Gasteiger partial charge in [0, 0.05) is 55.3 Å². The molecular weight excluding hydrogens is 489 g/mol. The van der Waals surface area contributed by atoms with Crippen molar-refractivity contribution in [3.63, 3.8) is 0 Å². The van der Waals surface area contributed by atoms with E-state index in [1.165, 1.54) is 49.8 Å². The second-order valence-electron chi connectivity index (χ2n) is 11.5. The number of nitrogens with zero attached hydrogens (tertiary/aromatic N) is 1. The van der Waals surface area contributed by atoms with Crippen molar-refractivity contribution in [2.75, 3.05) is 26.2 Å². The molecular formula is C30H38ClFN3O2-. The molecule has 37 heavy (non-hydrogen) atoms. The van der Waals surface area contributed by atoms with Crippen LogP contribution >= 0.6 is 0 Å². The predicted molar refractivity (Wildman–Crippen MR) is 138 cm³/mol. The number of carbonyl (C=O) groups excluding carboxylic acids is 1. The smallest absolute Gasteiger partial charge is 0.228 e. The Morgan fingerprint density at radius 2 is 1.76 bits per heavy atom. The van der Waals surface area contributed by atoms with Crippen molar-refractivity contribution in [3.8, 4) is 5.75 Å². The van der Waals surface area contributed by atoms with Gasteiger partial charge in [-0.2, -0.15) is 0 Å². The number of hydrogen-bond donors (Lipinski definition) is 3. The number of carbonyl (C=O) groups is 1. The summed E-state index contributed by atoms with van der Waals surface area (Å²) in [6.07, 6.45) is 8.15. The second kappa shape index (κ2) is 10.9. The first-order chi connectivity index (χ1) is 17.6. The van der Waals surface area contributed by atoms with Gasteiger partial charge in [0.1, 0.15) is 11.6 Å². The fourth-order valence-electron chi connectivity index (χ4n) is 7.82. The van der Waals surface area contributed by atoms with Crippen LogP contribution in [0.15, 0.2) is 42.5 Å². The van der Waals surface area contributed by atoms with E-state index in [1.54, 1.807) is 0 Å². The summed E-state index contributed by atoms with van der Waals surface area (Å²) in [6, 6.07) is 13.8. The van der Waals surface area contributed by atoms with Crippen molar-refractivity contribution in [3.05, 3.63) is 65.0 Å². The van der Waals surface area contributed by atoms with E-state index in [2.05, 4.69) is 45.9 Å². The number of fused-ring (bicyclic) bond motifs is 2. The highest BCUT2D eigenvalue weighted by Gasteiger charge is 2.54. The lowest BCUT2D eigenvalue weighted by Gasteiger charge is -2.48. The highest BCUT2D eigenvalue weighted by molar-refractivity contribution is 5.82.